The molecule has 6 heteroatoms. The second-order valence-electron chi connectivity index (χ2n) is 3.85. The smallest absolute Gasteiger partial charge is 0.387 e. The van der Waals surface area contributed by atoms with Crippen LogP contribution in [0.25, 0.3) is 5.69 Å². The Balaban J connectivity index is 2.26. The van der Waals surface area contributed by atoms with Crippen LogP contribution in [0.15, 0.2) is 36.8 Å². The summed E-state index contributed by atoms with van der Waals surface area (Å²) in [5.74, 6) is 0.121. The molecule has 18 heavy (non-hydrogen) atoms. The zero-order chi connectivity index (χ0) is 13.1. The van der Waals surface area contributed by atoms with Crippen molar-refractivity contribution in [1.29, 1.82) is 0 Å². The van der Waals surface area contributed by atoms with E-state index < -0.39 is 6.61 Å². The van der Waals surface area contributed by atoms with Gasteiger partial charge in [-0.15, -0.1) is 0 Å². The number of aromatic nitrogens is 2. The molecule has 2 N–H and O–H groups in total. The highest BCUT2D eigenvalue weighted by Gasteiger charge is 2.09. The molecule has 0 aliphatic carbocycles. The highest BCUT2D eigenvalue weighted by Crippen LogP contribution is 2.20. The molecule has 0 saturated heterocycles. The first-order chi connectivity index (χ1) is 8.58. The van der Waals surface area contributed by atoms with E-state index in [4.69, 9.17) is 5.73 Å². The summed E-state index contributed by atoms with van der Waals surface area (Å²) in [5.41, 5.74) is 7.45. The fourth-order valence-corrected chi connectivity index (χ4v) is 1.65. The summed E-state index contributed by atoms with van der Waals surface area (Å²) in [4.78, 5) is 4.02. The molecule has 0 unspecified atom stereocenters. The highest BCUT2D eigenvalue weighted by atomic mass is 19.3. The summed E-state index contributed by atoms with van der Waals surface area (Å²) in [6.45, 7) is -0.967. The van der Waals surface area contributed by atoms with E-state index >= 15 is 0 Å². The number of imidazole rings is 1. The van der Waals surface area contributed by atoms with Gasteiger partial charge < -0.3 is 15.0 Å². The molecular weight excluding hydrogens is 240 g/mol. The largest absolute Gasteiger partial charge is 0.435 e. The van der Waals surface area contributed by atoms with E-state index in [-0.39, 0.29) is 11.8 Å². The number of hydrogen-bond acceptors (Lipinski definition) is 3. The fraction of sp³-hybridized carbons (Fsp3) is 0.250. The van der Waals surface area contributed by atoms with Crippen molar-refractivity contribution in [1.82, 2.24) is 9.55 Å². The van der Waals surface area contributed by atoms with Crippen LogP contribution in [0.3, 0.4) is 0 Å². The lowest BCUT2D eigenvalue weighted by Crippen LogP contribution is -2.10. The highest BCUT2D eigenvalue weighted by molar-refractivity contribution is 5.39. The lowest BCUT2D eigenvalue weighted by molar-refractivity contribution is -0.0498. The lowest BCUT2D eigenvalue weighted by atomic mass is 10.2. The van der Waals surface area contributed by atoms with Crippen LogP contribution in [0.4, 0.5) is 8.78 Å². The average Bonchev–Trinajstić information content (AvgIpc) is 2.78. The summed E-state index contributed by atoms with van der Waals surface area (Å²) >= 11 is 0. The predicted octanol–water partition coefficient (Wildman–Crippen LogP) is 2.49. The SMILES string of the molecule is C[C@H](N)c1cncn1-c1ccc(OC(F)F)cc1. The van der Waals surface area contributed by atoms with E-state index in [2.05, 4.69) is 9.72 Å². The number of ether oxygens (including phenoxy) is 1. The van der Waals surface area contributed by atoms with Gasteiger partial charge in [-0.05, 0) is 31.2 Å². The Hall–Kier alpha value is -1.95. The topological polar surface area (TPSA) is 53.1 Å². The van der Waals surface area contributed by atoms with Crippen LogP contribution >= 0.6 is 0 Å². The molecule has 4 nitrogen and oxygen atoms in total. The zero-order valence-electron chi connectivity index (χ0n) is 9.75. The van der Waals surface area contributed by atoms with Crippen LogP contribution in [-0.2, 0) is 0 Å². The Morgan fingerprint density at radius 1 is 1.28 bits per heavy atom. The van der Waals surface area contributed by atoms with Crippen molar-refractivity contribution in [3.8, 4) is 11.4 Å². The Morgan fingerprint density at radius 3 is 2.50 bits per heavy atom. The standard InChI is InChI=1S/C12H13F2N3O/c1-8(15)11-6-16-7-17(11)9-2-4-10(5-3-9)18-12(13)14/h2-8,12H,15H2,1H3/t8-/m0/s1. The van der Waals surface area contributed by atoms with E-state index in [1.165, 1.54) is 12.1 Å². The van der Waals surface area contributed by atoms with Crippen molar-refractivity contribution in [3.63, 3.8) is 0 Å². The number of benzene rings is 1. The van der Waals surface area contributed by atoms with Crippen molar-refractivity contribution >= 4 is 0 Å². The summed E-state index contributed by atoms with van der Waals surface area (Å²) in [5, 5.41) is 0. The first kappa shape index (κ1) is 12.5. The van der Waals surface area contributed by atoms with Gasteiger partial charge in [0.1, 0.15) is 5.75 Å². The molecule has 0 aliphatic heterocycles. The zero-order valence-corrected chi connectivity index (χ0v) is 9.75. The lowest BCUT2D eigenvalue weighted by Gasteiger charge is -2.11. The van der Waals surface area contributed by atoms with Crippen LogP contribution < -0.4 is 10.5 Å². The number of nitrogens with zero attached hydrogens (tertiary/aromatic N) is 2. The fourth-order valence-electron chi connectivity index (χ4n) is 1.65. The Morgan fingerprint density at radius 2 is 1.94 bits per heavy atom. The van der Waals surface area contributed by atoms with Crippen molar-refractivity contribution in [3.05, 3.63) is 42.5 Å². The molecule has 1 aromatic heterocycles. The minimum atomic E-state index is -2.82. The van der Waals surface area contributed by atoms with Gasteiger partial charge in [0.2, 0.25) is 0 Å². The molecule has 0 fully saturated rings. The van der Waals surface area contributed by atoms with E-state index in [9.17, 15) is 8.78 Å². The van der Waals surface area contributed by atoms with Crippen LogP contribution in [0.1, 0.15) is 18.7 Å². The third kappa shape index (κ3) is 2.65. The van der Waals surface area contributed by atoms with Crippen LogP contribution in [0.2, 0.25) is 0 Å². The molecule has 1 aromatic carbocycles. The minimum Gasteiger partial charge on any atom is -0.435 e. The van der Waals surface area contributed by atoms with E-state index in [1.54, 1.807) is 29.2 Å². The summed E-state index contributed by atoms with van der Waals surface area (Å²) in [6, 6.07) is 6.14. The monoisotopic (exact) mass is 253 g/mol. The predicted molar refractivity (Wildman–Crippen MR) is 62.8 cm³/mol. The second-order valence-corrected chi connectivity index (χ2v) is 3.85. The molecule has 0 aliphatic rings. The van der Waals surface area contributed by atoms with E-state index in [0.29, 0.717) is 0 Å². The summed E-state index contributed by atoms with van der Waals surface area (Å²) in [7, 11) is 0. The number of alkyl halides is 2. The van der Waals surface area contributed by atoms with Gasteiger partial charge in [0, 0.05) is 11.7 Å². The maximum Gasteiger partial charge on any atom is 0.387 e. The minimum absolute atomic E-state index is 0.121. The van der Waals surface area contributed by atoms with Crippen molar-refractivity contribution in [2.45, 2.75) is 19.6 Å². The van der Waals surface area contributed by atoms with E-state index in [1.807, 2.05) is 6.92 Å². The molecule has 2 aromatic rings. The van der Waals surface area contributed by atoms with Gasteiger partial charge in [-0.25, -0.2) is 4.98 Å². The van der Waals surface area contributed by atoms with Gasteiger partial charge in [0.15, 0.2) is 0 Å². The third-order valence-electron chi connectivity index (χ3n) is 2.47. The van der Waals surface area contributed by atoms with Gasteiger partial charge >= 0.3 is 6.61 Å². The van der Waals surface area contributed by atoms with E-state index in [0.717, 1.165) is 11.4 Å². The first-order valence-corrected chi connectivity index (χ1v) is 5.41. The van der Waals surface area contributed by atoms with Crippen LogP contribution in [-0.4, -0.2) is 16.2 Å². The normalized spacial score (nSPS) is 12.7. The Bertz CT molecular complexity index is 508. The Labute approximate surface area is 103 Å². The molecule has 0 amide bonds. The quantitative estimate of drug-likeness (QED) is 0.910. The molecule has 0 radical (unpaired) electrons. The van der Waals surface area contributed by atoms with Crippen molar-refractivity contribution in [2.24, 2.45) is 5.73 Å². The Kier molecular flexibility index (Phi) is 3.57. The number of halogens is 2. The average molecular weight is 253 g/mol. The molecule has 2 rings (SSSR count). The molecule has 0 saturated carbocycles. The first-order valence-electron chi connectivity index (χ1n) is 5.41. The van der Waals surface area contributed by atoms with Gasteiger partial charge in [0.25, 0.3) is 0 Å². The van der Waals surface area contributed by atoms with Crippen molar-refractivity contribution < 1.29 is 13.5 Å². The van der Waals surface area contributed by atoms with Gasteiger partial charge in [0.05, 0.1) is 18.2 Å². The maximum atomic E-state index is 12.0. The molecule has 1 heterocycles. The summed E-state index contributed by atoms with van der Waals surface area (Å²) < 4.78 is 30.1. The van der Waals surface area contributed by atoms with Crippen LogP contribution in [0.5, 0.6) is 5.75 Å². The maximum absolute atomic E-state index is 12.0. The van der Waals surface area contributed by atoms with Gasteiger partial charge in [-0.1, -0.05) is 0 Å². The molecule has 0 spiro atoms. The second kappa shape index (κ2) is 5.14. The van der Waals surface area contributed by atoms with Gasteiger partial charge in [-0.3, -0.25) is 0 Å². The molecular formula is C12H13F2N3O. The number of nitrogens with two attached hydrogens (primary N) is 1. The third-order valence-corrected chi connectivity index (χ3v) is 2.47. The van der Waals surface area contributed by atoms with Crippen LogP contribution in [0, 0.1) is 0 Å². The molecule has 1 atom stereocenters. The van der Waals surface area contributed by atoms with Crippen molar-refractivity contribution in [2.75, 3.05) is 0 Å². The number of hydrogen-bond donors (Lipinski definition) is 1. The number of rotatable bonds is 4. The molecule has 96 valence electrons. The summed E-state index contributed by atoms with van der Waals surface area (Å²) in [6.07, 6.45) is 3.30. The van der Waals surface area contributed by atoms with Gasteiger partial charge in [-0.2, -0.15) is 8.78 Å². The molecule has 0 bridgehead atoms.